The van der Waals surface area contributed by atoms with Gasteiger partial charge in [-0.3, -0.25) is 4.79 Å². The number of rotatable bonds is 5. The van der Waals surface area contributed by atoms with E-state index in [1.807, 2.05) is 19.0 Å². The molecule has 0 heterocycles. The summed E-state index contributed by atoms with van der Waals surface area (Å²) in [6, 6.07) is 5.15. The zero-order valence-electron chi connectivity index (χ0n) is 9.99. The van der Waals surface area contributed by atoms with Gasteiger partial charge in [0.05, 0.1) is 0 Å². The lowest BCUT2D eigenvalue weighted by atomic mass is 10.1. The van der Waals surface area contributed by atoms with Gasteiger partial charge in [0.2, 0.25) is 0 Å². The van der Waals surface area contributed by atoms with Crippen molar-refractivity contribution in [1.82, 2.24) is 4.90 Å². The molecule has 1 aromatic rings. The largest absolute Gasteiger partial charge is 0.492 e. The topological polar surface area (TPSA) is 55.6 Å². The Kier molecular flexibility index (Phi) is 4.31. The maximum atomic E-state index is 11.2. The van der Waals surface area contributed by atoms with Gasteiger partial charge in [0.25, 0.3) is 0 Å². The van der Waals surface area contributed by atoms with E-state index in [-0.39, 0.29) is 5.78 Å². The second kappa shape index (κ2) is 5.51. The number of anilines is 1. The van der Waals surface area contributed by atoms with Crippen LogP contribution in [0.2, 0.25) is 0 Å². The monoisotopic (exact) mass is 222 g/mol. The van der Waals surface area contributed by atoms with E-state index in [0.29, 0.717) is 23.6 Å². The molecule has 0 bridgehead atoms. The fraction of sp³-hybridized carbons (Fsp3) is 0.417. The highest BCUT2D eigenvalue weighted by Crippen LogP contribution is 2.20. The molecule has 4 heteroatoms. The quantitative estimate of drug-likeness (QED) is 0.604. The number of nitrogens with two attached hydrogens (primary N) is 1. The van der Waals surface area contributed by atoms with E-state index in [1.54, 1.807) is 18.2 Å². The van der Waals surface area contributed by atoms with Gasteiger partial charge < -0.3 is 15.4 Å². The maximum Gasteiger partial charge on any atom is 0.161 e. The van der Waals surface area contributed by atoms with Gasteiger partial charge in [0.1, 0.15) is 12.4 Å². The van der Waals surface area contributed by atoms with E-state index in [9.17, 15) is 4.79 Å². The number of carbonyl (C=O) groups excluding carboxylic acids is 1. The molecule has 0 aliphatic carbocycles. The Balaban J connectivity index is 2.63. The van der Waals surface area contributed by atoms with Gasteiger partial charge in [-0.1, -0.05) is 0 Å². The molecule has 0 spiro atoms. The molecular formula is C12H18N2O2. The van der Waals surface area contributed by atoms with Crippen molar-refractivity contribution in [2.75, 3.05) is 33.0 Å². The van der Waals surface area contributed by atoms with Gasteiger partial charge >= 0.3 is 0 Å². The molecule has 1 aromatic carbocycles. The first-order chi connectivity index (χ1) is 7.50. The number of Topliss-reactive ketones (excluding diaryl/α,β-unsaturated/α-hetero) is 1. The van der Waals surface area contributed by atoms with Gasteiger partial charge in [-0.2, -0.15) is 0 Å². The van der Waals surface area contributed by atoms with E-state index in [1.165, 1.54) is 6.92 Å². The van der Waals surface area contributed by atoms with Crippen molar-refractivity contribution in [3.63, 3.8) is 0 Å². The van der Waals surface area contributed by atoms with Crippen LogP contribution in [0.3, 0.4) is 0 Å². The van der Waals surface area contributed by atoms with Crippen LogP contribution < -0.4 is 10.5 Å². The number of likely N-dealkylation sites (N-methyl/N-ethyl adjacent to an activating group) is 1. The van der Waals surface area contributed by atoms with Crippen LogP contribution in [0.15, 0.2) is 18.2 Å². The average Bonchev–Trinajstić information content (AvgIpc) is 2.16. The van der Waals surface area contributed by atoms with Gasteiger partial charge in [0.15, 0.2) is 5.78 Å². The number of nitrogen functional groups attached to an aromatic ring is 1. The number of hydrogen-bond acceptors (Lipinski definition) is 4. The highest BCUT2D eigenvalue weighted by molar-refractivity contribution is 5.99. The molecule has 0 fully saturated rings. The Morgan fingerprint density at radius 3 is 2.62 bits per heavy atom. The molecule has 0 atom stereocenters. The van der Waals surface area contributed by atoms with Crippen molar-refractivity contribution < 1.29 is 9.53 Å². The molecular weight excluding hydrogens is 204 g/mol. The molecule has 0 saturated heterocycles. The molecule has 0 aliphatic rings. The van der Waals surface area contributed by atoms with E-state index < -0.39 is 0 Å². The number of hydrogen-bond donors (Lipinski definition) is 1. The molecule has 4 nitrogen and oxygen atoms in total. The predicted octanol–water partition coefficient (Wildman–Crippen LogP) is 1.41. The van der Waals surface area contributed by atoms with Crippen LogP contribution in [0, 0.1) is 0 Å². The molecule has 0 aliphatic heterocycles. The van der Waals surface area contributed by atoms with Crippen LogP contribution in [0.5, 0.6) is 5.75 Å². The Labute approximate surface area is 96.0 Å². The minimum Gasteiger partial charge on any atom is -0.492 e. The fourth-order valence-corrected chi connectivity index (χ4v) is 1.30. The van der Waals surface area contributed by atoms with Crippen molar-refractivity contribution in [3.8, 4) is 5.75 Å². The molecule has 1 rings (SSSR count). The minimum atomic E-state index is -0.0302. The summed E-state index contributed by atoms with van der Waals surface area (Å²) in [5.41, 5.74) is 6.75. The summed E-state index contributed by atoms with van der Waals surface area (Å²) in [6.45, 7) is 2.94. The third-order valence-electron chi connectivity index (χ3n) is 2.21. The van der Waals surface area contributed by atoms with Crippen LogP contribution >= 0.6 is 0 Å². The van der Waals surface area contributed by atoms with E-state index in [0.717, 1.165) is 6.54 Å². The smallest absolute Gasteiger partial charge is 0.161 e. The first-order valence-corrected chi connectivity index (χ1v) is 5.18. The lowest BCUT2D eigenvalue weighted by Gasteiger charge is -2.12. The van der Waals surface area contributed by atoms with Gasteiger partial charge in [-0.25, -0.2) is 0 Å². The summed E-state index contributed by atoms with van der Waals surface area (Å²) in [4.78, 5) is 13.2. The number of ketones is 1. The summed E-state index contributed by atoms with van der Waals surface area (Å²) in [7, 11) is 3.97. The van der Waals surface area contributed by atoms with E-state index >= 15 is 0 Å². The number of nitrogens with zero attached hydrogens (tertiary/aromatic N) is 1. The summed E-state index contributed by atoms with van der Waals surface area (Å²) in [6.07, 6.45) is 0. The summed E-state index contributed by atoms with van der Waals surface area (Å²) >= 11 is 0. The Hall–Kier alpha value is -1.55. The van der Waals surface area contributed by atoms with Crippen LogP contribution in [-0.4, -0.2) is 37.9 Å². The van der Waals surface area contributed by atoms with E-state index in [2.05, 4.69) is 0 Å². The predicted molar refractivity (Wildman–Crippen MR) is 64.9 cm³/mol. The second-order valence-electron chi connectivity index (χ2n) is 3.96. The van der Waals surface area contributed by atoms with E-state index in [4.69, 9.17) is 10.5 Å². The number of ether oxygens (including phenoxy) is 1. The SMILES string of the molecule is CC(=O)c1ccc(OCCN(C)C)cc1N. The fourth-order valence-electron chi connectivity index (χ4n) is 1.30. The molecule has 0 saturated carbocycles. The lowest BCUT2D eigenvalue weighted by Crippen LogP contribution is -2.19. The van der Waals surface area contributed by atoms with Crippen LogP contribution in [0.1, 0.15) is 17.3 Å². The molecule has 0 unspecified atom stereocenters. The number of carbonyl (C=O) groups is 1. The normalized spacial score (nSPS) is 10.5. The van der Waals surface area contributed by atoms with Crippen molar-refractivity contribution in [2.24, 2.45) is 0 Å². The van der Waals surface area contributed by atoms with Gasteiger partial charge in [-0.05, 0) is 33.2 Å². The van der Waals surface area contributed by atoms with Crippen LogP contribution in [0.4, 0.5) is 5.69 Å². The second-order valence-corrected chi connectivity index (χ2v) is 3.96. The zero-order chi connectivity index (χ0) is 12.1. The van der Waals surface area contributed by atoms with Crippen LogP contribution in [-0.2, 0) is 0 Å². The minimum absolute atomic E-state index is 0.0302. The van der Waals surface area contributed by atoms with Crippen molar-refractivity contribution in [2.45, 2.75) is 6.92 Å². The zero-order valence-corrected chi connectivity index (χ0v) is 9.99. The summed E-state index contributed by atoms with van der Waals surface area (Å²) in [5.74, 6) is 0.668. The third kappa shape index (κ3) is 3.55. The van der Waals surface area contributed by atoms with Crippen molar-refractivity contribution in [1.29, 1.82) is 0 Å². The molecule has 88 valence electrons. The first-order valence-electron chi connectivity index (χ1n) is 5.18. The highest BCUT2D eigenvalue weighted by atomic mass is 16.5. The van der Waals surface area contributed by atoms with Crippen LogP contribution in [0.25, 0.3) is 0 Å². The Morgan fingerprint density at radius 1 is 1.44 bits per heavy atom. The summed E-state index contributed by atoms with van der Waals surface area (Å²) in [5, 5.41) is 0. The molecule has 2 N–H and O–H groups in total. The molecule has 0 amide bonds. The standard InChI is InChI=1S/C12H18N2O2/c1-9(15)11-5-4-10(8-12(11)13)16-7-6-14(2)3/h4-5,8H,6-7,13H2,1-3H3. The van der Waals surface area contributed by atoms with Gasteiger partial charge in [-0.15, -0.1) is 0 Å². The highest BCUT2D eigenvalue weighted by Gasteiger charge is 2.05. The lowest BCUT2D eigenvalue weighted by molar-refractivity contribution is 0.101. The average molecular weight is 222 g/mol. The Bertz CT molecular complexity index is 375. The summed E-state index contributed by atoms with van der Waals surface area (Å²) < 4.78 is 5.50. The van der Waals surface area contributed by atoms with Crippen molar-refractivity contribution >= 4 is 11.5 Å². The first kappa shape index (κ1) is 12.5. The molecule has 0 aromatic heterocycles. The third-order valence-corrected chi connectivity index (χ3v) is 2.21. The van der Waals surface area contributed by atoms with Crippen molar-refractivity contribution in [3.05, 3.63) is 23.8 Å². The maximum absolute atomic E-state index is 11.2. The Morgan fingerprint density at radius 2 is 2.12 bits per heavy atom. The van der Waals surface area contributed by atoms with Gasteiger partial charge in [0, 0.05) is 23.9 Å². The molecule has 16 heavy (non-hydrogen) atoms. The number of benzene rings is 1. The molecule has 0 radical (unpaired) electrons.